The van der Waals surface area contributed by atoms with E-state index in [4.69, 9.17) is 11.6 Å². The first-order valence-electron chi connectivity index (χ1n) is 4.00. The van der Waals surface area contributed by atoms with E-state index in [1.807, 2.05) is 0 Å². The summed E-state index contributed by atoms with van der Waals surface area (Å²) >= 11 is 5.70. The topological polar surface area (TPSA) is 25.8 Å². The maximum atomic E-state index is 12.6. The van der Waals surface area contributed by atoms with Gasteiger partial charge < -0.3 is 0 Å². The Labute approximate surface area is 85.4 Å². The molecule has 1 aromatic heterocycles. The highest BCUT2D eigenvalue weighted by Gasteiger charge is 2.01. The second-order valence-corrected chi connectivity index (χ2v) is 3.10. The Morgan fingerprint density at radius 1 is 1.07 bits per heavy atom. The van der Waals surface area contributed by atoms with Gasteiger partial charge in [-0.1, -0.05) is 11.6 Å². The molecule has 1 heterocycles. The average Bonchev–Trinajstić information content (AvgIpc) is 2.19. The van der Waals surface area contributed by atoms with E-state index >= 15 is 0 Å². The molecule has 0 aliphatic rings. The summed E-state index contributed by atoms with van der Waals surface area (Å²) in [5, 5.41) is 0.374. The van der Waals surface area contributed by atoms with Crippen molar-refractivity contribution in [3.63, 3.8) is 0 Å². The molecule has 2 rings (SSSR count). The van der Waals surface area contributed by atoms with Crippen LogP contribution in [0.1, 0.15) is 0 Å². The van der Waals surface area contributed by atoms with Gasteiger partial charge in [-0.3, -0.25) is 0 Å². The fraction of sp³-hybridized carbons (Fsp3) is 0. The number of benzene rings is 1. The summed E-state index contributed by atoms with van der Waals surface area (Å²) in [6, 6.07) is 7.54. The van der Waals surface area contributed by atoms with Crippen LogP contribution < -0.4 is 0 Å². The SMILES string of the molecule is Fc1ccc(-c2nccc(Cl)n2)cc1. The molecule has 0 saturated carbocycles. The third-order valence-electron chi connectivity index (χ3n) is 1.72. The lowest BCUT2D eigenvalue weighted by molar-refractivity contribution is 0.628. The molecule has 2 nitrogen and oxygen atoms in total. The summed E-state index contributed by atoms with van der Waals surface area (Å²) in [6.45, 7) is 0. The molecular formula is C10H6ClFN2. The Balaban J connectivity index is 2.44. The molecule has 4 heteroatoms. The molecule has 0 aliphatic carbocycles. The van der Waals surface area contributed by atoms with Crippen LogP contribution in [0.5, 0.6) is 0 Å². The van der Waals surface area contributed by atoms with Crippen LogP contribution in [0.2, 0.25) is 5.15 Å². The Morgan fingerprint density at radius 3 is 2.43 bits per heavy atom. The zero-order valence-electron chi connectivity index (χ0n) is 7.11. The normalized spacial score (nSPS) is 10.1. The van der Waals surface area contributed by atoms with Crippen molar-refractivity contribution >= 4 is 11.6 Å². The quantitative estimate of drug-likeness (QED) is 0.674. The summed E-state index contributed by atoms with van der Waals surface area (Å²) in [7, 11) is 0. The third kappa shape index (κ3) is 1.88. The van der Waals surface area contributed by atoms with E-state index in [-0.39, 0.29) is 5.82 Å². The lowest BCUT2D eigenvalue weighted by Crippen LogP contribution is -1.88. The fourth-order valence-corrected chi connectivity index (χ4v) is 1.21. The largest absolute Gasteiger partial charge is 0.236 e. The lowest BCUT2D eigenvalue weighted by atomic mass is 10.2. The molecular weight excluding hydrogens is 203 g/mol. The summed E-state index contributed by atoms with van der Waals surface area (Å²) < 4.78 is 12.6. The Hall–Kier alpha value is -1.48. The zero-order chi connectivity index (χ0) is 9.97. The second kappa shape index (κ2) is 3.72. The minimum Gasteiger partial charge on any atom is -0.236 e. The highest BCUT2D eigenvalue weighted by molar-refractivity contribution is 6.29. The van der Waals surface area contributed by atoms with E-state index in [0.29, 0.717) is 11.0 Å². The van der Waals surface area contributed by atoms with Crippen molar-refractivity contribution in [3.05, 3.63) is 47.5 Å². The Bertz CT molecular complexity index is 442. The first-order chi connectivity index (χ1) is 6.75. The van der Waals surface area contributed by atoms with Gasteiger partial charge >= 0.3 is 0 Å². The van der Waals surface area contributed by atoms with Gasteiger partial charge in [-0.2, -0.15) is 0 Å². The Kier molecular flexibility index (Phi) is 2.41. The van der Waals surface area contributed by atoms with Crippen LogP contribution in [-0.4, -0.2) is 9.97 Å². The van der Waals surface area contributed by atoms with Crippen LogP contribution in [-0.2, 0) is 0 Å². The molecule has 0 saturated heterocycles. The highest BCUT2D eigenvalue weighted by atomic mass is 35.5. The van der Waals surface area contributed by atoms with E-state index < -0.39 is 0 Å². The molecule has 0 unspecified atom stereocenters. The summed E-state index contributed by atoms with van der Waals surface area (Å²) in [4.78, 5) is 8.03. The van der Waals surface area contributed by atoms with Gasteiger partial charge in [0.25, 0.3) is 0 Å². The highest BCUT2D eigenvalue weighted by Crippen LogP contribution is 2.16. The smallest absolute Gasteiger partial charge is 0.160 e. The Morgan fingerprint density at radius 2 is 1.79 bits per heavy atom. The monoisotopic (exact) mass is 208 g/mol. The van der Waals surface area contributed by atoms with E-state index in [2.05, 4.69) is 9.97 Å². The van der Waals surface area contributed by atoms with Crippen LogP contribution in [0, 0.1) is 5.82 Å². The molecule has 1 aromatic carbocycles. The van der Waals surface area contributed by atoms with Crippen LogP contribution >= 0.6 is 11.6 Å². The first-order valence-corrected chi connectivity index (χ1v) is 4.38. The molecule has 0 aliphatic heterocycles. The molecule has 0 spiro atoms. The number of hydrogen-bond donors (Lipinski definition) is 0. The maximum absolute atomic E-state index is 12.6. The minimum atomic E-state index is -0.282. The summed E-state index contributed by atoms with van der Waals surface area (Å²) in [5.41, 5.74) is 0.744. The van der Waals surface area contributed by atoms with E-state index in [1.54, 1.807) is 24.4 Å². The summed E-state index contributed by atoms with van der Waals surface area (Å²) in [6.07, 6.45) is 1.56. The van der Waals surface area contributed by atoms with E-state index in [9.17, 15) is 4.39 Å². The minimum absolute atomic E-state index is 0.282. The van der Waals surface area contributed by atoms with Gasteiger partial charge in [0.1, 0.15) is 11.0 Å². The van der Waals surface area contributed by atoms with Crippen LogP contribution in [0.3, 0.4) is 0 Å². The molecule has 0 radical (unpaired) electrons. The second-order valence-electron chi connectivity index (χ2n) is 2.71. The molecule has 2 aromatic rings. The number of aromatic nitrogens is 2. The predicted molar refractivity (Wildman–Crippen MR) is 52.4 cm³/mol. The predicted octanol–water partition coefficient (Wildman–Crippen LogP) is 2.94. The van der Waals surface area contributed by atoms with Crippen molar-refractivity contribution in [2.75, 3.05) is 0 Å². The van der Waals surface area contributed by atoms with Gasteiger partial charge in [0.2, 0.25) is 0 Å². The van der Waals surface area contributed by atoms with Gasteiger partial charge in [-0.15, -0.1) is 0 Å². The molecule has 0 atom stereocenters. The van der Waals surface area contributed by atoms with E-state index in [1.165, 1.54) is 12.1 Å². The van der Waals surface area contributed by atoms with Gasteiger partial charge in [-0.25, -0.2) is 14.4 Å². The van der Waals surface area contributed by atoms with Gasteiger partial charge in [0.05, 0.1) is 0 Å². The molecule has 0 amide bonds. The van der Waals surface area contributed by atoms with Gasteiger partial charge in [0.15, 0.2) is 5.82 Å². The first kappa shape index (κ1) is 9.09. The third-order valence-corrected chi connectivity index (χ3v) is 1.93. The van der Waals surface area contributed by atoms with E-state index in [0.717, 1.165) is 5.56 Å². The van der Waals surface area contributed by atoms with Crippen molar-refractivity contribution in [1.82, 2.24) is 9.97 Å². The van der Waals surface area contributed by atoms with Crippen molar-refractivity contribution in [2.45, 2.75) is 0 Å². The molecule has 14 heavy (non-hydrogen) atoms. The van der Waals surface area contributed by atoms with Crippen molar-refractivity contribution < 1.29 is 4.39 Å². The molecule has 0 N–H and O–H groups in total. The van der Waals surface area contributed by atoms with Gasteiger partial charge in [0, 0.05) is 11.8 Å². The lowest BCUT2D eigenvalue weighted by Gasteiger charge is -1.99. The van der Waals surface area contributed by atoms with Crippen molar-refractivity contribution in [3.8, 4) is 11.4 Å². The zero-order valence-corrected chi connectivity index (χ0v) is 7.87. The maximum Gasteiger partial charge on any atom is 0.160 e. The molecule has 0 bridgehead atoms. The standard InChI is InChI=1S/C10H6ClFN2/c11-9-5-6-13-10(14-9)7-1-3-8(12)4-2-7/h1-6H. The molecule has 70 valence electrons. The number of halogens is 2. The fourth-order valence-electron chi connectivity index (χ4n) is 1.07. The average molecular weight is 209 g/mol. The number of nitrogens with zero attached hydrogens (tertiary/aromatic N) is 2. The number of rotatable bonds is 1. The van der Waals surface area contributed by atoms with Crippen LogP contribution in [0.15, 0.2) is 36.5 Å². The van der Waals surface area contributed by atoms with Crippen molar-refractivity contribution in [2.24, 2.45) is 0 Å². The van der Waals surface area contributed by atoms with Crippen LogP contribution in [0.4, 0.5) is 4.39 Å². The van der Waals surface area contributed by atoms with Gasteiger partial charge in [-0.05, 0) is 30.3 Å². The summed E-state index contributed by atoms with van der Waals surface area (Å²) in [5.74, 6) is 0.216. The van der Waals surface area contributed by atoms with Crippen LogP contribution in [0.25, 0.3) is 11.4 Å². The number of hydrogen-bond acceptors (Lipinski definition) is 2. The molecule has 0 fully saturated rings. The van der Waals surface area contributed by atoms with Crippen molar-refractivity contribution in [1.29, 1.82) is 0 Å².